The number of rotatable bonds is 6. The predicted octanol–water partition coefficient (Wildman–Crippen LogP) is 1.15. The number of carboxylic acid groups (broad SMARTS) is 1. The average Bonchev–Trinajstić information content (AvgIpc) is 2.36. The van der Waals surface area contributed by atoms with E-state index in [1.807, 2.05) is 0 Å². The summed E-state index contributed by atoms with van der Waals surface area (Å²) in [6, 6.07) is 3.60. The maximum atomic E-state index is 10.7. The summed E-state index contributed by atoms with van der Waals surface area (Å²) in [5.74, 6) is -1.38. The first-order valence-corrected chi connectivity index (χ1v) is 6.87. The van der Waals surface area contributed by atoms with Crippen LogP contribution >= 0.6 is 11.8 Å². The zero-order chi connectivity index (χ0) is 15.3. The van der Waals surface area contributed by atoms with Gasteiger partial charge in [0.05, 0.1) is 6.10 Å². The summed E-state index contributed by atoms with van der Waals surface area (Å²) >= 11 is 1.04. The van der Waals surface area contributed by atoms with E-state index >= 15 is 0 Å². The summed E-state index contributed by atoms with van der Waals surface area (Å²) < 4.78 is 0. The van der Waals surface area contributed by atoms with Gasteiger partial charge < -0.3 is 20.4 Å². The van der Waals surface area contributed by atoms with Gasteiger partial charge in [-0.05, 0) is 24.1 Å². The molecule has 0 spiro atoms. The molecular weight excluding hydrogens is 284 g/mol. The Morgan fingerprint density at radius 1 is 1.30 bits per heavy atom. The maximum Gasteiger partial charge on any atom is 0.339 e. The molecular formula is C13H16O6S. The summed E-state index contributed by atoms with van der Waals surface area (Å²) in [7, 11) is 0. The van der Waals surface area contributed by atoms with E-state index in [-0.39, 0.29) is 22.7 Å². The van der Waals surface area contributed by atoms with Gasteiger partial charge in [0.1, 0.15) is 17.4 Å². The van der Waals surface area contributed by atoms with Crippen molar-refractivity contribution >= 4 is 22.8 Å². The van der Waals surface area contributed by atoms with Crippen LogP contribution in [0.25, 0.3) is 0 Å². The summed E-state index contributed by atoms with van der Waals surface area (Å²) in [6.45, 7) is 1.41. The number of carbonyl (C=O) groups excluding carboxylic acids is 1. The molecule has 0 fully saturated rings. The molecule has 0 aromatic heterocycles. The second kappa shape index (κ2) is 7.28. The fourth-order valence-corrected chi connectivity index (χ4v) is 2.26. The van der Waals surface area contributed by atoms with Gasteiger partial charge in [0, 0.05) is 12.7 Å². The number of aromatic carboxylic acids is 1. The number of carboxylic acids is 1. The van der Waals surface area contributed by atoms with Crippen LogP contribution in [-0.2, 0) is 4.79 Å². The molecule has 0 heterocycles. The normalized spacial score (nSPS) is 13.8. The van der Waals surface area contributed by atoms with Gasteiger partial charge >= 0.3 is 5.97 Å². The van der Waals surface area contributed by atoms with E-state index in [0.717, 1.165) is 23.9 Å². The van der Waals surface area contributed by atoms with Crippen LogP contribution in [0.3, 0.4) is 0 Å². The van der Waals surface area contributed by atoms with E-state index in [2.05, 4.69) is 0 Å². The number of hydrogen-bond donors (Lipinski definition) is 4. The molecule has 0 saturated heterocycles. The van der Waals surface area contributed by atoms with Gasteiger partial charge in [0.15, 0.2) is 5.12 Å². The highest BCUT2D eigenvalue weighted by molar-refractivity contribution is 8.13. The lowest BCUT2D eigenvalue weighted by Gasteiger charge is -2.18. The quantitative estimate of drug-likeness (QED) is 0.623. The van der Waals surface area contributed by atoms with E-state index in [4.69, 9.17) is 5.11 Å². The lowest BCUT2D eigenvalue weighted by atomic mass is 10.0. The topological polar surface area (TPSA) is 115 Å². The highest BCUT2D eigenvalue weighted by Crippen LogP contribution is 2.26. The molecule has 110 valence electrons. The van der Waals surface area contributed by atoms with Gasteiger partial charge in [0.25, 0.3) is 0 Å². The number of thioether (sulfide) groups is 1. The van der Waals surface area contributed by atoms with Crippen molar-refractivity contribution in [3.8, 4) is 5.75 Å². The first-order chi connectivity index (χ1) is 9.32. The molecule has 1 aromatic rings. The lowest BCUT2D eigenvalue weighted by Crippen LogP contribution is -2.19. The van der Waals surface area contributed by atoms with Crippen molar-refractivity contribution < 1.29 is 30.0 Å². The minimum absolute atomic E-state index is 0.0739. The standard InChI is InChI=1S/C13H16O6S/c1-7(14)20-5-4-10(15)12(17)8-2-3-9(13(18)19)11(16)6-8/h2-3,6,10,12,15-17H,4-5H2,1H3,(H,18,19). The van der Waals surface area contributed by atoms with E-state index in [1.165, 1.54) is 13.0 Å². The van der Waals surface area contributed by atoms with Gasteiger partial charge in [-0.25, -0.2) is 4.79 Å². The van der Waals surface area contributed by atoms with E-state index in [9.17, 15) is 24.9 Å². The lowest BCUT2D eigenvalue weighted by molar-refractivity contribution is -0.109. The molecule has 2 unspecified atom stereocenters. The van der Waals surface area contributed by atoms with Gasteiger partial charge in [-0.2, -0.15) is 0 Å². The second-order valence-electron chi connectivity index (χ2n) is 4.22. The average molecular weight is 300 g/mol. The number of hydrogen-bond acceptors (Lipinski definition) is 6. The highest BCUT2D eigenvalue weighted by atomic mass is 32.2. The molecule has 4 N–H and O–H groups in total. The maximum absolute atomic E-state index is 10.7. The van der Waals surface area contributed by atoms with Gasteiger partial charge in [-0.15, -0.1) is 0 Å². The Balaban J connectivity index is 2.71. The molecule has 0 aliphatic rings. The van der Waals surface area contributed by atoms with Crippen molar-refractivity contribution in [3.05, 3.63) is 29.3 Å². The van der Waals surface area contributed by atoms with Crippen LogP contribution in [0.5, 0.6) is 5.75 Å². The van der Waals surface area contributed by atoms with Crippen LogP contribution in [0.15, 0.2) is 18.2 Å². The number of carbonyl (C=O) groups is 2. The third-order valence-electron chi connectivity index (χ3n) is 2.68. The summed E-state index contributed by atoms with van der Waals surface area (Å²) in [5, 5.41) is 37.9. The molecule has 20 heavy (non-hydrogen) atoms. The Morgan fingerprint density at radius 2 is 1.95 bits per heavy atom. The Morgan fingerprint density at radius 3 is 2.45 bits per heavy atom. The smallest absolute Gasteiger partial charge is 0.339 e. The first kappa shape index (κ1) is 16.5. The summed E-state index contributed by atoms with van der Waals surface area (Å²) in [6.07, 6.45) is -2.15. The summed E-state index contributed by atoms with van der Waals surface area (Å²) in [5.41, 5.74) is -0.0598. The molecule has 1 aromatic carbocycles. The van der Waals surface area contributed by atoms with Crippen molar-refractivity contribution in [1.82, 2.24) is 0 Å². The van der Waals surface area contributed by atoms with Crippen LogP contribution in [0.1, 0.15) is 35.4 Å². The van der Waals surface area contributed by atoms with Crippen molar-refractivity contribution in [2.75, 3.05) is 5.75 Å². The van der Waals surface area contributed by atoms with Crippen molar-refractivity contribution in [1.29, 1.82) is 0 Å². The Labute approximate surface area is 120 Å². The van der Waals surface area contributed by atoms with Crippen molar-refractivity contribution in [3.63, 3.8) is 0 Å². The molecule has 0 saturated carbocycles. The molecule has 7 heteroatoms. The molecule has 0 aliphatic carbocycles. The molecule has 0 aliphatic heterocycles. The van der Waals surface area contributed by atoms with Crippen LogP contribution in [0.2, 0.25) is 0 Å². The van der Waals surface area contributed by atoms with E-state index < -0.39 is 23.9 Å². The van der Waals surface area contributed by atoms with Gasteiger partial charge in [-0.3, -0.25) is 4.79 Å². The zero-order valence-electron chi connectivity index (χ0n) is 10.8. The van der Waals surface area contributed by atoms with E-state index in [1.54, 1.807) is 0 Å². The number of aliphatic hydroxyl groups excluding tert-OH is 2. The molecule has 2 atom stereocenters. The van der Waals surface area contributed by atoms with Crippen molar-refractivity contribution in [2.45, 2.75) is 25.6 Å². The zero-order valence-corrected chi connectivity index (χ0v) is 11.6. The summed E-state index contributed by atoms with van der Waals surface area (Å²) in [4.78, 5) is 21.5. The number of benzene rings is 1. The van der Waals surface area contributed by atoms with Crippen LogP contribution in [-0.4, -0.2) is 43.4 Å². The minimum atomic E-state index is -1.28. The monoisotopic (exact) mass is 300 g/mol. The molecule has 6 nitrogen and oxygen atoms in total. The third-order valence-corrected chi connectivity index (χ3v) is 3.52. The van der Waals surface area contributed by atoms with Crippen LogP contribution in [0.4, 0.5) is 0 Å². The Bertz CT molecular complexity index is 502. The van der Waals surface area contributed by atoms with E-state index in [0.29, 0.717) is 5.75 Å². The highest BCUT2D eigenvalue weighted by Gasteiger charge is 2.20. The second-order valence-corrected chi connectivity index (χ2v) is 5.49. The van der Waals surface area contributed by atoms with Crippen LogP contribution in [0, 0.1) is 0 Å². The fraction of sp³-hybridized carbons (Fsp3) is 0.385. The predicted molar refractivity (Wildman–Crippen MR) is 73.8 cm³/mol. The SMILES string of the molecule is CC(=O)SCCC(O)C(O)c1ccc(C(=O)O)c(O)c1. The first-order valence-electron chi connectivity index (χ1n) is 5.88. The number of aliphatic hydroxyl groups is 2. The molecule has 0 amide bonds. The van der Waals surface area contributed by atoms with Crippen LogP contribution < -0.4 is 0 Å². The van der Waals surface area contributed by atoms with Crippen molar-refractivity contribution in [2.24, 2.45) is 0 Å². The number of phenols is 1. The minimum Gasteiger partial charge on any atom is -0.507 e. The van der Waals surface area contributed by atoms with Gasteiger partial charge in [0.2, 0.25) is 0 Å². The Hall–Kier alpha value is -1.57. The molecule has 0 radical (unpaired) electrons. The number of aromatic hydroxyl groups is 1. The Kier molecular flexibility index (Phi) is 6.00. The van der Waals surface area contributed by atoms with Gasteiger partial charge in [-0.1, -0.05) is 17.8 Å². The largest absolute Gasteiger partial charge is 0.507 e. The molecule has 1 rings (SSSR count). The fourth-order valence-electron chi connectivity index (χ4n) is 1.62. The third kappa shape index (κ3) is 4.52. The molecule has 0 bridgehead atoms.